The number of hydrogen-bond donors (Lipinski definition) is 0. The number of unbranched alkanes of at least 4 members (excludes halogenated alkanes) is 6. The first kappa shape index (κ1) is 28.6. The van der Waals surface area contributed by atoms with E-state index in [1.165, 1.54) is 75.3 Å². The van der Waals surface area contributed by atoms with E-state index in [0.717, 1.165) is 7.25 Å². The fourth-order valence-corrected chi connectivity index (χ4v) is 10.4. The molecule has 0 saturated carbocycles. The van der Waals surface area contributed by atoms with Gasteiger partial charge in [0.05, 0.1) is 0 Å². The Bertz CT molecular complexity index is 855. The third-order valence-corrected chi connectivity index (χ3v) is 12.0. The molecule has 0 aromatic heterocycles. The molecule has 33 heavy (non-hydrogen) atoms. The molecule has 0 saturated heterocycles. The van der Waals surface area contributed by atoms with Gasteiger partial charge in [-0.2, -0.15) is 0 Å². The van der Waals surface area contributed by atoms with Crippen molar-refractivity contribution < 1.29 is 48.0 Å². The molecule has 0 spiro atoms. The number of fused-ring (bicyclic) bond motifs is 2. The number of hydrogen-bond acceptors (Lipinski definition) is 0. The van der Waals surface area contributed by atoms with E-state index in [4.69, 9.17) is 0 Å². The second-order valence-corrected chi connectivity index (χ2v) is 13.0. The molecule has 4 rings (SSSR count). The van der Waals surface area contributed by atoms with Crippen LogP contribution in [-0.2, 0) is 23.2 Å². The van der Waals surface area contributed by atoms with Gasteiger partial charge < -0.3 is 24.8 Å². The van der Waals surface area contributed by atoms with Crippen LogP contribution in [0.5, 0.6) is 0 Å². The van der Waals surface area contributed by atoms with Gasteiger partial charge in [-0.3, -0.25) is 0 Å². The number of benzene rings is 2. The molecule has 2 aliphatic rings. The molecule has 2 unspecified atom stereocenters. The summed E-state index contributed by atoms with van der Waals surface area (Å²) in [5, 5.41) is 0. The van der Waals surface area contributed by atoms with Gasteiger partial charge in [-0.05, 0) is 0 Å². The number of rotatable bonds is 12. The molecule has 0 radical (unpaired) electrons. The van der Waals surface area contributed by atoms with E-state index in [1.807, 2.05) is 0 Å². The Morgan fingerprint density at radius 3 is 1.42 bits per heavy atom. The summed E-state index contributed by atoms with van der Waals surface area (Å²) in [7, 11) is 0. The summed E-state index contributed by atoms with van der Waals surface area (Å²) in [4.78, 5) is 0. The van der Waals surface area contributed by atoms with E-state index in [0.29, 0.717) is 0 Å². The van der Waals surface area contributed by atoms with Crippen molar-refractivity contribution in [3.05, 3.63) is 81.9 Å². The third-order valence-electron chi connectivity index (χ3n) is 7.01. The smallest absolute Gasteiger partial charge is 1.00 e. The molecule has 2 aromatic carbocycles. The number of halogens is 2. The van der Waals surface area contributed by atoms with Crippen LogP contribution in [0.25, 0.3) is 12.2 Å². The van der Waals surface area contributed by atoms with Crippen LogP contribution in [0.3, 0.4) is 0 Å². The molecule has 2 atom stereocenters. The Morgan fingerprint density at radius 1 is 0.576 bits per heavy atom. The molecular weight excluding hydrogens is 522 g/mol. The summed E-state index contributed by atoms with van der Waals surface area (Å²) < 4.78 is 1.52. The Kier molecular flexibility index (Phi) is 12.8. The molecule has 0 nitrogen and oxygen atoms in total. The second kappa shape index (κ2) is 14.7. The molecule has 0 heterocycles. The molecule has 0 bridgehead atoms. The zero-order valence-electron chi connectivity index (χ0n) is 20.3. The number of allylic oxidation sites excluding steroid dienone is 2. The second-order valence-electron chi connectivity index (χ2n) is 9.35. The topological polar surface area (TPSA) is 0 Å². The van der Waals surface area contributed by atoms with Crippen LogP contribution in [0, 0.1) is 0 Å². The van der Waals surface area contributed by atoms with Gasteiger partial charge in [0.25, 0.3) is 0 Å². The minimum Gasteiger partial charge on any atom is -1.00 e. The summed E-state index contributed by atoms with van der Waals surface area (Å²) in [6.45, 7) is 4.63. The van der Waals surface area contributed by atoms with E-state index in [2.05, 4.69) is 74.5 Å². The van der Waals surface area contributed by atoms with Gasteiger partial charge in [0.1, 0.15) is 0 Å². The third kappa shape index (κ3) is 7.19. The predicted octanol–water partition coefficient (Wildman–Crippen LogP) is 3.29. The van der Waals surface area contributed by atoms with Crippen molar-refractivity contribution >= 4 is 12.2 Å². The molecule has 0 amide bonds. The van der Waals surface area contributed by atoms with Crippen LogP contribution in [0.4, 0.5) is 0 Å². The zero-order chi connectivity index (χ0) is 21.5. The van der Waals surface area contributed by atoms with Crippen molar-refractivity contribution in [3.8, 4) is 0 Å². The summed E-state index contributed by atoms with van der Waals surface area (Å²) in [6.07, 6.45) is 18.7. The Hall–Kier alpha value is -0.617. The van der Waals surface area contributed by atoms with Crippen LogP contribution < -0.4 is 24.8 Å². The average Bonchev–Trinajstić information content (AvgIpc) is 3.33. The molecule has 0 N–H and O–H groups in total. The Balaban J connectivity index is 0.00000193. The first-order valence-corrected chi connectivity index (χ1v) is 15.5. The fraction of sp³-hybridized carbons (Fsp3) is 0.467. The standard InChI is InChI=1S/2C15H19.2ClH.Zr/c2*1-2-3-4-5-8-13-11-14-9-6-7-10-15(14)12-13;;;/h2*6-7,9-12H,2-5,8H2,1H3;2*1H;/q;;;;+2/p-2. The van der Waals surface area contributed by atoms with Crippen LogP contribution in [0.2, 0.25) is 0 Å². The van der Waals surface area contributed by atoms with E-state index >= 15 is 0 Å². The normalized spacial score (nSPS) is 17.8. The minimum absolute atomic E-state index is 0. The van der Waals surface area contributed by atoms with E-state index < -0.39 is 23.2 Å². The Morgan fingerprint density at radius 2 is 1.00 bits per heavy atom. The van der Waals surface area contributed by atoms with Crippen molar-refractivity contribution in [2.24, 2.45) is 0 Å². The molecule has 0 fully saturated rings. The maximum absolute atomic E-state index is 2.57. The maximum atomic E-state index is 2.57. The molecule has 2 aromatic rings. The van der Waals surface area contributed by atoms with Crippen LogP contribution in [-0.4, -0.2) is 0 Å². The fourth-order valence-electron chi connectivity index (χ4n) is 5.28. The van der Waals surface area contributed by atoms with Crippen molar-refractivity contribution in [3.63, 3.8) is 0 Å². The zero-order valence-corrected chi connectivity index (χ0v) is 24.2. The van der Waals surface area contributed by atoms with Gasteiger partial charge in [-0.15, -0.1) is 0 Å². The minimum atomic E-state index is -0.723. The van der Waals surface area contributed by atoms with E-state index in [1.54, 1.807) is 22.3 Å². The molecule has 3 heteroatoms. The maximum Gasteiger partial charge on any atom is -1.00 e. The largest absolute Gasteiger partial charge is 1.00 e. The first-order chi connectivity index (χ1) is 15.3. The van der Waals surface area contributed by atoms with Crippen LogP contribution >= 0.6 is 0 Å². The van der Waals surface area contributed by atoms with Gasteiger partial charge in [-0.25, -0.2) is 0 Å². The van der Waals surface area contributed by atoms with Crippen molar-refractivity contribution in [1.82, 2.24) is 0 Å². The van der Waals surface area contributed by atoms with Gasteiger partial charge in [0, 0.05) is 0 Å². The predicted molar refractivity (Wildman–Crippen MR) is 132 cm³/mol. The molecule has 0 aliphatic heterocycles. The molecule has 176 valence electrons. The Labute approximate surface area is 226 Å². The monoisotopic (exact) mass is 558 g/mol. The summed E-state index contributed by atoms with van der Waals surface area (Å²) in [5.74, 6) is 0. The molecule has 2 aliphatic carbocycles. The van der Waals surface area contributed by atoms with Crippen LogP contribution in [0.1, 0.15) is 108 Å². The SMILES string of the molecule is CCCCCCC1=Cc2ccccc2[CH]1[Zr+2][CH]1C(CCCCCC)=Cc2ccccc21.[Cl-].[Cl-]. The van der Waals surface area contributed by atoms with E-state index in [-0.39, 0.29) is 24.8 Å². The van der Waals surface area contributed by atoms with Crippen molar-refractivity contribution in [2.75, 3.05) is 0 Å². The molecular formula is C30H38Cl2Zr. The van der Waals surface area contributed by atoms with Crippen molar-refractivity contribution in [1.29, 1.82) is 0 Å². The van der Waals surface area contributed by atoms with E-state index in [9.17, 15) is 0 Å². The summed E-state index contributed by atoms with van der Waals surface area (Å²) >= 11 is -0.723. The van der Waals surface area contributed by atoms with Crippen molar-refractivity contribution in [2.45, 2.75) is 85.3 Å². The van der Waals surface area contributed by atoms with Gasteiger partial charge in [-0.1, -0.05) is 0 Å². The quantitative estimate of drug-likeness (QED) is 0.350. The summed E-state index contributed by atoms with van der Waals surface area (Å²) in [6, 6.07) is 18.6. The summed E-state index contributed by atoms with van der Waals surface area (Å²) in [5.41, 5.74) is 9.85. The van der Waals surface area contributed by atoms with Gasteiger partial charge in [0.2, 0.25) is 0 Å². The average molecular weight is 561 g/mol. The van der Waals surface area contributed by atoms with Crippen LogP contribution in [0.15, 0.2) is 59.7 Å². The van der Waals surface area contributed by atoms with Gasteiger partial charge in [0.15, 0.2) is 0 Å². The van der Waals surface area contributed by atoms with Gasteiger partial charge >= 0.3 is 203 Å². The first-order valence-electron chi connectivity index (χ1n) is 12.7.